The van der Waals surface area contributed by atoms with Crippen LogP contribution in [0.1, 0.15) is 11.1 Å². The summed E-state index contributed by atoms with van der Waals surface area (Å²) in [5.41, 5.74) is 0.285. The van der Waals surface area contributed by atoms with Gasteiger partial charge in [-0.3, -0.25) is 4.79 Å². The van der Waals surface area contributed by atoms with Crippen LogP contribution in [0.5, 0.6) is 0 Å². The van der Waals surface area contributed by atoms with Gasteiger partial charge in [0.15, 0.2) is 0 Å². The molecule has 0 unspecified atom stereocenters. The molecule has 1 nitrogen and oxygen atoms in total. The van der Waals surface area contributed by atoms with Crippen LogP contribution in [0.3, 0.4) is 0 Å². The molecule has 0 saturated heterocycles. The van der Waals surface area contributed by atoms with Crippen molar-refractivity contribution >= 4 is 17.4 Å². The summed E-state index contributed by atoms with van der Waals surface area (Å²) in [4.78, 5) is 11.8. The second-order valence-electron chi connectivity index (χ2n) is 4.36. The van der Waals surface area contributed by atoms with Crippen LogP contribution >= 0.6 is 11.6 Å². The minimum absolute atomic E-state index is 0.0887. The predicted octanol–water partition coefficient (Wildman–Crippen LogP) is 4.11. The van der Waals surface area contributed by atoms with Gasteiger partial charge in [-0.2, -0.15) is 0 Å². The van der Waals surface area contributed by atoms with Gasteiger partial charge in [-0.05, 0) is 29.3 Å². The van der Waals surface area contributed by atoms with Gasteiger partial charge in [0.1, 0.15) is 23.2 Å². The molecule has 0 bridgehead atoms. The zero-order valence-corrected chi connectivity index (χ0v) is 11.1. The van der Waals surface area contributed by atoms with E-state index < -0.39 is 17.5 Å². The predicted molar refractivity (Wildman–Crippen MR) is 70.2 cm³/mol. The van der Waals surface area contributed by atoms with Crippen molar-refractivity contribution in [2.24, 2.45) is 0 Å². The fourth-order valence-corrected chi connectivity index (χ4v) is 1.98. The molecule has 0 aromatic heterocycles. The molecular weight excluding hydrogens is 289 g/mol. The fourth-order valence-electron chi connectivity index (χ4n) is 1.82. The molecule has 0 amide bonds. The molecule has 0 aliphatic heterocycles. The number of halogens is 4. The Hall–Kier alpha value is -1.81. The molecule has 2 aromatic rings. The van der Waals surface area contributed by atoms with Crippen molar-refractivity contribution in [3.8, 4) is 0 Å². The van der Waals surface area contributed by atoms with E-state index in [1.165, 1.54) is 18.2 Å². The summed E-state index contributed by atoms with van der Waals surface area (Å²) in [5, 5.41) is 0.239. The first kappa shape index (κ1) is 14.6. The Morgan fingerprint density at radius 2 is 1.45 bits per heavy atom. The lowest BCUT2D eigenvalue weighted by Gasteiger charge is -2.05. The normalized spacial score (nSPS) is 10.6. The van der Waals surface area contributed by atoms with Gasteiger partial charge >= 0.3 is 0 Å². The maximum absolute atomic E-state index is 13.5. The Kier molecular flexibility index (Phi) is 4.45. The molecule has 2 aromatic carbocycles. The quantitative estimate of drug-likeness (QED) is 0.830. The van der Waals surface area contributed by atoms with Crippen LogP contribution in [0.25, 0.3) is 0 Å². The van der Waals surface area contributed by atoms with Crippen molar-refractivity contribution in [2.75, 3.05) is 0 Å². The minimum atomic E-state index is -0.782. The summed E-state index contributed by atoms with van der Waals surface area (Å²) >= 11 is 5.61. The third-order valence-electron chi connectivity index (χ3n) is 2.81. The van der Waals surface area contributed by atoms with E-state index in [2.05, 4.69) is 0 Å². The molecule has 0 fully saturated rings. The smallest absolute Gasteiger partial charge is 0.141 e. The molecule has 104 valence electrons. The van der Waals surface area contributed by atoms with Crippen molar-refractivity contribution < 1.29 is 18.0 Å². The monoisotopic (exact) mass is 298 g/mol. The van der Waals surface area contributed by atoms with E-state index in [4.69, 9.17) is 11.6 Å². The third-order valence-corrected chi connectivity index (χ3v) is 3.04. The summed E-state index contributed by atoms with van der Waals surface area (Å²) in [6.45, 7) is 0. The molecule has 0 saturated carbocycles. The van der Waals surface area contributed by atoms with Gasteiger partial charge in [0.05, 0.1) is 0 Å². The second kappa shape index (κ2) is 6.09. The van der Waals surface area contributed by atoms with Crippen LogP contribution in [0.15, 0.2) is 36.4 Å². The Labute approximate surface area is 119 Å². The molecule has 0 heterocycles. The molecule has 0 spiro atoms. The molecule has 0 atom stereocenters. The number of ketones is 1. The van der Waals surface area contributed by atoms with Crippen molar-refractivity contribution in [3.05, 3.63) is 70.0 Å². The van der Waals surface area contributed by atoms with Gasteiger partial charge < -0.3 is 0 Å². The maximum atomic E-state index is 13.5. The van der Waals surface area contributed by atoms with Gasteiger partial charge in [0, 0.05) is 23.9 Å². The zero-order valence-electron chi connectivity index (χ0n) is 10.3. The third kappa shape index (κ3) is 3.61. The van der Waals surface area contributed by atoms with Crippen molar-refractivity contribution in [3.63, 3.8) is 0 Å². The second-order valence-corrected chi connectivity index (χ2v) is 4.80. The van der Waals surface area contributed by atoms with Crippen molar-refractivity contribution in [1.29, 1.82) is 0 Å². The lowest BCUT2D eigenvalue weighted by atomic mass is 10.0. The summed E-state index contributed by atoms with van der Waals surface area (Å²) in [6, 6.07) is 7.01. The zero-order chi connectivity index (χ0) is 14.7. The fraction of sp³-hybridized carbons (Fsp3) is 0.133. The number of Topliss-reactive ketones (excluding diaryl/α,β-unsaturated/α-hetero) is 1. The number of carbonyl (C=O) groups is 1. The number of benzene rings is 2. The van der Waals surface area contributed by atoms with Crippen LogP contribution in [-0.4, -0.2) is 5.78 Å². The van der Waals surface area contributed by atoms with E-state index >= 15 is 0 Å². The topological polar surface area (TPSA) is 17.1 Å². The van der Waals surface area contributed by atoms with Crippen molar-refractivity contribution in [1.82, 2.24) is 0 Å². The maximum Gasteiger partial charge on any atom is 0.141 e. The first-order valence-corrected chi connectivity index (χ1v) is 6.23. The summed E-state index contributed by atoms with van der Waals surface area (Å²) in [5.74, 6) is -2.43. The van der Waals surface area contributed by atoms with Gasteiger partial charge in [0.2, 0.25) is 0 Å². The van der Waals surface area contributed by atoms with E-state index in [-0.39, 0.29) is 34.8 Å². The summed E-state index contributed by atoms with van der Waals surface area (Å²) in [6.07, 6.45) is -0.381. The molecule has 0 radical (unpaired) electrons. The van der Waals surface area contributed by atoms with Gasteiger partial charge in [0.25, 0.3) is 0 Å². The molecule has 2 rings (SSSR count). The standard InChI is InChI=1S/C15H10ClF3O/c16-11-3-1-9(14(18)7-11)5-13(20)6-10-2-4-12(17)8-15(10)19/h1-4,7-8H,5-6H2. The van der Waals surface area contributed by atoms with Crippen LogP contribution in [0.2, 0.25) is 5.02 Å². The highest BCUT2D eigenvalue weighted by Crippen LogP contribution is 2.17. The van der Waals surface area contributed by atoms with Gasteiger partial charge in [-0.25, -0.2) is 13.2 Å². The molecule has 0 aliphatic carbocycles. The van der Waals surface area contributed by atoms with E-state index in [9.17, 15) is 18.0 Å². The molecule has 0 aliphatic rings. The van der Waals surface area contributed by atoms with E-state index in [1.54, 1.807) is 0 Å². The van der Waals surface area contributed by atoms with E-state index in [1.807, 2.05) is 0 Å². The average molecular weight is 299 g/mol. The Morgan fingerprint density at radius 3 is 2.00 bits per heavy atom. The van der Waals surface area contributed by atoms with Crippen LogP contribution < -0.4 is 0 Å². The van der Waals surface area contributed by atoms with E-state index in [0.29, 0.717) is 6.07 Å². The van der Waals surface area contributed by atoms with Crippen LogP contribution in [0, 0.1) is 17.5 Å². The van der Waals surface area contributed by atoms with Crippen LogP contribution in [0.4, 0.5) is 13.2 Å². The first-order chi connectivity index (χ1) is 9.45. The molecular formula is C15H10ClF3O. The summed E-state index contributed by atoms with van der Waals surface area (Å²) in [7, 11) is 0. The Bertz CT molecular complexity index is 600. The lowest BCUT2D eigenvalue weighted by Crippen LogP contribution is -2.09. The highest BCUT2D eigenvalue weighted by Gasteiger charge is 2.12. The highest BCUT2D eigenvalue weighted by molar-refractivity contribution is 6.30. The van der Waals surface area contributed by atoms with Crippen molar-refractivity contribution in [2.45, 2.75) is 12.8 Å². The highest BCUT2D eigenvalue weighted by atomic mass is 35.5. The van der Waals surface area contributed by atoms with E-state index in [0.717, 1.165) is 12.1 Å². The van der Waals surface area contributed by atoms with Gasteiger partial charge in [-0.15, -0.1) is 0 Å². The Morgan fingerprint density at radius 1 is 0.900 bits per heavy atom. The van der Waals surface area contributed by atoms with Crippen LogP contribution in [-0.2, 0) is 17.6 Å². The number of hydrogen-bond acceptors (Lipinski definition) is 1. The lowest BCUT2D eigenvalue weighted by molar-refractivity contribution is -0.117. The molecule has 5 heteroatoms. The molecule has 20 heavy (non-hydrogen) atoms. The largest absolute Gasteiger partial charge is 0.299 e. The number of carbonyl (C=O) groups excluding carboxylic acids is 1. The number of rotatable bonds is 4. The minimum Gasteiger partial charge on any atom is -0.299 e. The SMILES string of the molecule is O=C(Cc1ccc(F)cc1F)Cc1ccc(Cl)cc1F. The molecule has 0 N–H and O–H groups in total. The summed E-state index contributed by atoms with van der Waals surface area (Å²) < 4.78 is 39.7. The average Bonchev–Trinajstić information content (AvgIpc) is 2.36. The van der Waals surface area contributed by atoms with Gasteiger partial charge in [-0.1, -0.05) is 23.7 Å². The Balaban J connectivity index is 2.09. The first-order valence-electron chi connectivity index (χ1n) is 5.85. The number of hydrogen-bond donors (Lipinski definition) is 0.